The smallest absolute Gasteiger partial charge is 0.407 e. The molecule has 11 heteroatoms. The molecule has 1 aliphatic heterocycles. The summed E-state index contributed by atoms with van der Waals surface area (Å²) in [5.41, 5.74) is 3.85. The van der Waals surface area contributed by atoms with Crippen LogP contribution in [0.5, 0.6) is 0 Å². The van der Waals surface area contributed by atoms with Gasteiger partial charge in [0.25, 0.3) is 0 Å². The fourth-order valence-corrected chi connectivity index (χ4v) is 5.60. The van der Waals surface area contributed by atoms with Crippen LogP contribution >= 0.6 is 0 Å². The van der Waals surface area contributed by atoms with Crippen LogP contribution < -0.4 is 16.0 Å². The molecule has 0 saturated carbocycles. The van der Waals surface area contributed by atoms with E-state index in [1.807, 2.05) is 74.2 Å². The zero-order chi connectivity index (χ0) is 31.0. The molecule has 0 aromatic heterocycles. The van der Waals surface area contributed by atoms with E-state index in [1.165, 1.54) is 0 Å². The first-order valence-corrected chi connectivity index (χ1v) is 14.8. The SMILES string of the molecule is CC(C)(C)OC(=O)CN1CC[C@@H](NC(=O)NCCCCC(NC(=O)OCC2c3ccccc3-c3ccccc32)C(=O)O)C1. The molecule has 1 heterocycles. The number of nitrogens with zero attached hydrogens (tertiary/aromatic N) is 1. The number of carbonyl (C=O) groups is 4. The predicted molar refractivity (Wildman–Crippen MR) is 161 cm³/mol. The number of urea groups is 1. The number of nitrogens with one attached hydrogen (secondary N) is 3. The third-order valence-electron chi connectivity index (χ3n) is 7.52. The number of ether oxygens (including phenoxy) is 2. The number of aliphatic carboxylic acids is 1. The van der Waals surface area contributed by atoms with Gasteiger partial charge in [-0.15, -0.1) is 0 Å². The molecule has 11 nitrogen and oxygen atoms in total. The first kappa shape index (κ1) is 31.8. The van der Waals surface area contributed by atoms with Gasteiger partial charge in [0.15, 0.2) is 0 Å². The third-order valence-corrected chi connectivity index (χ3v) is 7.52. The predicted octanol–water partition coefficient (Wildman–Crippen LogP) is 3.86. The maximum absolute atomic E-state index is 12.5. The van der Waals surface area contributed by atoms with Gasteiger partial charge in [-0.25, -0.2) is 14.4 Å². The molecular formula is C32H42N4O7. The van der Waals surface area contributed by atoms with Gasteiger partial charge in [0.1, 0.15) is 18.2 Å². The van der Waals surface area contributed by atoms with Gasteiger partial charge in [-0.3, -0.25) is 9.69 Å². The molecule has 4 N–H and O–H groups in total. The zero-order valence-corrected chi connectivity index (χ0v) is 25.1. The standard InChI is InChI=1S/C32H42N4O7/c1-32(2,3)43-28(37)19-36-17-15-21(18-36)34-30(40)33-16-9-8-14-27(29(38)39)35-31(41)42-20-26-24-12-6-4-10-22(24)23-11-5-7-13-25(23)26/h4-7,10-13,21,26-27H,8-9,14-20H2,1-3H3,(H,35,41)(H,38,39)(H2,33,34,40)/t21-,27?/m1/s1. The molecule has 43 heavy (non-hydrogen) atoms. The van der Waals surface area contributed by atoms with Gasteiger partial charge in [-0.05, 0) is 68.7 Å². The normalized spacial score (nSPS) is 17.0. The Kier molecular flexibility index (Phi) is 10.6. The Bertz CT molecular complexity index is 1260. The van der Waals surface area contributed by atoms with Crippen LogP contribution in [0.15, 0.2) is 48.5 Å². The van der Waals surface area contributed by atoms with Crippen molar-refractivity contribution in [3.8, 4) is 11.1 Å². The quantitative estimate of drug-likeness (QED) is 0.214. The molecule has 232 valence electrons. The van der Waals surface area contributed by atoms with E-state index in [-0.39, 0.29) is 43.5 Å². The second kappa shape index (κ2) is 14.4. The topological polar surface area (TPSA) is 146 Å². The molecule has 1 fully saturated rings. The van der Waals surface area contributed by atoms with Crippen LogP contribution in [0.2, 0.25) is 0 Å². The van der Waals surface area contributed by atoms with Crippen LogP contribution in [0.3, 0.4) is 0 Å². The summed E-state index contributed by atoms with van der Waals surface area (Å²) >= 11 is 0. The van der Waals surface area contributed by atoms with E-state index < -0.39 is 23.7 Å². The van der Waals surface area contributed by atoms with Crippen molar-refractivity contribution < 1.29 is 33.8 Å². The molecule has 1 aliphatic carbocycles. The molecule has 4 rings (SSSR count). The van der Waals surface area contributed by atoms with Crippen molar-refractivity contribution in [1.29, 1.82) is 0 Å². The maximum atomic E-state index is 12.5. The fourth-order valence-electron chi connectivity index (χ4n) is 5.60. The Morgan fingerprint density at radius 3 is 2.28 bits per heavy atom. The van der Waals surface area contributed by atoms with Gasteiger partial charge in [-0.1, -0.05) is 48.5 Å². The van der Waals surface area contributed by atoms with E-state index in [0.29, 0.717) is 32.5 Å². The van der Waals surface area contributed by atoms with Gasteiger partial charge >= 0.3 is 24.1 Å². The van der Waals surface area contributed by atoms with Crippen LogP contribution in [-0.4, -0.2) is 84.5 Å². The molecule has 0 radical (unpaired) electrons. The number of carbonyl (C=O) groups excluding carboxylic acids is 3. The molecule has 3 amide bonds. The average molecular weight is 595 g/mol. The van der Waals surface area contributed by atoms with E-state index in [2.05, 4.69) is 16.0 Å². The van der Waals surface area contributed by atoms with Crippen LogP contribution in [0.1, 0.15) is 63.5 Å². The summed E-state index contributed by atoms with van der Waals surface area (Å²) in [6, 6.07) is 14.5. The molecule has 2 aromatic rings. The van der Waals surface area contributed by atoms with Crippen molar-refractivity contribution in [2.45, 2.75) is 70.1 Å². The summed E-state index contributed by atoms with van der Waals surface area (Å²) < 4.78 is 10.8. The Balaban J connectivity index is 1.12. The highest BCUT2D eigenvalue weighted by Crippen LogP contribution is 2.44. The second-order valence-electron chi connectivity index (χ2n) is 12.1. The van der Waals surface area contributed by atoms with Gasteiger partial charge in [0, 0.05) is 31.6 Å². The summed E-state index contributed by atoms with van der Waals surface area (Å²) in [6.07, 6.45) is 1.18. The summed E-state index contributed by atoms with van der Waals surface area (Å²) in [7, 11) is 0. The molecule has 2 aliphatic rings. The van der Waals surface area contributed by atoms with Crippen molar-refractivity contribution in [2.24, 2.45) is 0 Å². The number of carboxylic acid groups (broad SMARTS) is 1. The van der Waals surface area contributed by atoms with Crippen LogP contribution in [-0.2, 0) is 19.1 Å². The third kappa shape index (κ3) is 9.18. The largest absolute Gasteiger partial charge is 0.480 e. The van der Waals surface area contributed by atoms with E-state index in [0.717, 1.165) is 28.7 Å². The minimum Gasteiger partial charge on any atom is -0.480 e. The average Bonchev–Trinajstić information content (AvgIpc) is 3.51. The number of carboxylic acids is 1. The summed E-state index contributed by atoms with van der Waals surface area (Å²) in [6.45, 7) is 7.38. The summed E-state index contributed by atoms with van der Waals surface area (Å²) in [4.78, 5) is 50.6. The number of alkyl carbamates (subject to hydrolysis) is 1. The highest BCUT2D eigenvalue weighted by molar-refractivity contribution is 5.81. The molecule has 2 aromatic carbocycles. The summed E-state index contributed by atoms with van der Waals surface area (Å²) in [5, 5.41) is 17.8. The van der Waals surface area contributed by atoms with Crippen molar-refractivity contribution in [1.82, 2.24) is 20.9 Å². The lowest BCUT2D eigenvalue weighted by atomic mass is 9.98. The van der Waals surface area contributed by atoms with Crippen molar-refractivity contribution in [3.05, 3.63) is 59.7 Å². The van der Waals surface area contributed by atoms with E-state index >= 15 is 0 Å². The number of amides is 3. The Hall–Kier alpha value is -4.12. The maximum Gasteiger partial charge on any atom is 0.407 e. The van der Waals surface area contributed by atoms with E-state index in [9.17, 15) is 24.3 Å². The Morgan fingerprint density at radius 1 is 1.00 bits per heavy atom. The number of benzene rings is 2. The van der Waals surface area contributed by atoms with Gasteiger partial charge in [-0.2, -0.15) is 0 Å². The van der Waals surface area contributed by atoms with Gasteiger partial charge in [0.05, 0.1) is 6.54 Å². The zero-order valence-electron chi connectivity index (χ0n) is 25.1. The van der Waals surface area contributed by atoms with Crippen LogP contribution in [0.4, 0.5) is 9.59 Å². The highest BCUT2D eigenvalue weighted by atomic mass is 16.6. The van der Waals surface area contributed by atoms with Gasteiger partial charge in [0.2, 0.25) is 0 Å². The molecule has 1 unspecified atom stereocenters. The number of hydrogen-bond donors (Lipinski definition) is 4. The lowest BCUT2D eigenvalue weighted by molar-refractivity contribution is -0.155. The molecule has 0 spiro atoms. The first-order valence-electron chi connectivity index (χ1n) is 14.8. The molecule has 2 atom stereocenters. The van der Waals surface area contributed by atoms with Crippen molar-refractivity contribution >= 4 is 24.1 Å². The Labute approximate surface area is 252 Å². The van der Waals surface area contributed by atoms with Crippen LogP contribution in [0, 0.1) is 0 Å². The van der Waals surface area contributed by atoms with Crippen molar-refractivity contribution in [2.75, 3.05) is 32.8 Å². The second-order valence-corrected chi connectivity index (χ2v) is 12.1. The first-order chi connectivity index (χ1) is 20.5. The molecular weight excluding hydrogens is 552 g/mol. The number of rotatable bonds is 12. The molecule has 0 bridgehead atoms. The number of hydrogen-bond acceptors (Lipinski definition) is 7. The van der Waals surface area contributed by atoms with Gasteiger partial charge < -0.3 is 30.5 Å². The monoisotopic (exact) mass is 594 g/mol. The van der Waals surface area contributed by atoms with E-state index in [4.69, 9.17) is 9.47 Å². The minimum absolute atomic E-state index is 0.0692. The van der Waals surface area contributed by atoms with E-state index in [1.54, 1.807) is 0 Å². The Morgan fingerprint density at radius 2 is 1.65 bits per heavy atom. The van der Waals surface area contributed by atoms with Crippen LogP contribution in [0.25, 0.3) is 11.1 Å². The summed E-state index contributed by atoms with van der Waals surface area (Å²) in [5.74, 6) is -1.54. The minimum atomic E-state index is -1.14. The number of likely N-dealkylation sites (tertiary alicyclic amines) is 1. The number of fused-ring (bicyclic) bond motifs is 3. The fraction of sp³-hybridized carbons (Fsp3) is 0.500. The molecule has 1 saturated heterocycles. The lowest BCUT2D eigenvalue weighted by Crippen LogP contribution is -2.44. The number of esters is 1. The van der Waals surface area contributed by atoms with Crippen molar-refractivity contribution in [3.63, 3.8) is 0 Å². The number of unbranched alkanes of at least 4 members (excludes halogenated alkanes) is 1. The lowest BCUT2D eigenvalue weighted by Gasteiger charge is -2.22. The highest BCUT2D eigenvalue weighted by Gasteiger charge is 2.30.